The van der Waals surface area contributed by atoms with E-state index in [1.807, 2.05) is 26.0 Å². The summed E-state index contributed by atoms with van der Waals surface area (Å²) in [6.07, 6.45) is 8.14. The number of aliphatic hydroxyl groups is 4. The molecule has 0 aromatic heterocycles. The third-order valence-electron chi connectivity index (χ3n) is 14.3. The highest BCUT2D eigenvalue weighted by Gasteiger charge is 2.53. The first kappa shape index (κ1) is 56.4. The van der Waals surface area contributed by atoms with Crippen LogP contribution in [0, 0.1) is 35.5 Å². The van der Waals surface area contributed by atoms with Gasteiger partial charge in [-0.3, -0.25) is 23.7 Å². The Bertz CT molecular complexity index is 1910. The van der Waals surface area contributed by atoms with Crippen LogP contribution in [-0.2, 0) is 47.3 Å². The van der Waals surface area contributed by atoms with E-state index < -0.39 is 103 Å². The minimum atomic E-state index is -2.86. The maximum atomic E-state index is 14.4. The van der Waals surface area contributed by atoms with Gasteiger partial charge in [-0.15, -0.1) is 0 Å². The lowest BCUT2D eigenvalue weighted by molar-refractivity contribution is -0.265. The molecule has 67 heavy (non-hydrogen) atoms. The summed E-state index contributed by atoms with van der Waals surface area (Å²) in [4.78, 5) is 71.6. The lowest BCUT2D eigenvalue weighted by Gasteiger charge is -2.42. The van der Waals surface area contributed by atoms with Crippen LogP contribution in [0.1, 0.15) is 126 Å². The number of ketones is 3. The maximum absolute atomic E-state index is 14.4. The molecule has 0 radical (unpaired) electrons. The number of carbonyl (C=O) groups is 5. The second-order valence-corrected chi connectivity index (χ2v) is 23.2. The molecule has 1 aliphatic carbocycles. The van der Waals surface area contributed by atoms with E-state index in [9.17, 15) is 49.0 Å². The van der Waals surface area contributed by atoms with Crippen molar-refractivity contribution in [2.75, 3.05) is 27.0 Å². The molecule has 1 amide bonds. The molecule has 3 heterocycles. The summed E-state index contributed by atoms with van der Waals surface area (Å²) >= 11 is 0. The number of carbonyl (C=O) groups excluding carboxylic acids is 5. The SMILES string of the molecule is CO[C@H]1C(=O)[C@H](C)C[C@H](C)/C=C/C=C/C=C(\C)C(O)C[C@@H]2CC[C@@H](C)[C@@](O)(O2)C(=O)C(=O)N2CCCC[C@H]2C(=O)O[C@H]([C@H](C)C[C@@H]2CC[C@@H](OP(C)(C)=O)C(O)C2)CC(=O)[C@H](C)/C=C(\C)[C@H]1O. The third-order valence-corrected chi connectivity index (χ3v) is 15.1. The standard InChI is InChI=1S/C51H80NO14P/c1-30-16-12-11-13-17-31(2)40(53)28-38-21-19-36(7)51(61,65-38)48(58)49(59)52-23-15-14-18-39(52)50(60)64-44(33(4)26-37-20-22-43(42(55)27-37)66-67(9,10)62)29-41(54)32(3)25-35(6)46(57)47(63-8)45(56)34(5)24-30/h11-13,16-17,25,30,32-34,36-40,42-44,46-47,53,55,57,61H,14-15,18-24,26-29H2,1-10H3/b13-11+,16-12+,31-17+,35-25+/t30-,32-,33-,34-,36-,37+,38+,39+,40?,42?,43-,44+,46-,47+,51-/m1/s1. The highest BCUT2D eigenvalue weighted by Crippen LogP contribution is 2.44. The molecule has 15 atom stereocenters. The van der Waals surface area contributed by atoms with Crippen LogP contribution in [0.5, 0.6) is 0 Å². The van der Waals surface area contributed by atoms with Gasteiger partial charge < -0.3 is 44.1 Å². The Balaban J connectivity index is 1.68. The summed E-state index contributed by atoms with van der Waals surface area (Å²) in [5, 5.41) is 45.4. The number of aliphatic hydroxyl groups excluding tert-OH is 3. The van der Waals surface area contributed by atoms with Crippen LogP contribution in [0.15, 0.2) is 47.6 Å². The Labute approximate surface area is 398 Å². The Morgan fingerprint density at radius 3 is 2.25 bits per heavy atom. The van der Waals surface area contributed by atoms with Gasteiger partial charge in [0, 0.05) is 57.6 Å². The van der Waals surface area contributed by atoms with Crippen molar-refractivity contribution in [2.24, 2.45) is 35.5 Å². The van der Waals surface area contributed by atoms with E-state index in [1.165, 1.54) is 20.4 Å². The van der Waals surface area contributed by atoms with Crippen molar-refractivity contribution in [3.05, 3.63) is 47.6 Å². The van der Waals surface area contributed by atoms with Gasteiger partial charge in [-0.1, -0.05) is 71.1 Å². The van der Waals surface area contributed by atoms with Crippen LogP contribution >= 0.6 is 7.37 Å². The summed E-state index contributed by atoms with van der Waals surface area (Å²) in [5.41, 5.74) is 0.967. The molecule has 2 bridgehead atoms. The van der Waals surface area contributed by atoms with E-state index in [0.29, 0.717) is 68.9 Å². The number of hydrogen-bond acceptors (Lipinski definition) is 14. The quantitative estimate of drug-likeness (QED) is 0.0975. The normalized spacial score (nSPS) is 39.8. The summed E-state index contributed by atoms with van der Waals surface area (Å²) in [5.74, 6) is -8.72. The fourth-order valence-electron chi connectivity index (χ4n) is 10.1. The predicted octanol–water partition coefficient (Wildman–Crippen LogP) is 6.43. The number of cyclic esters (lactones) is 1. The van der Waals surface area contributed by atoms with Gasteiger partial charge in [0.1, 0.15) is 30.1 Å². The summed E-state index contributed by atoms with van der Waals surface area (Å²) < 4.78 is 35.9. The van der Waals surface area contributed by atoms with Crippen molar-refractivity contribution in [1.29, 1.82) is 0 Å². The van der Waals surface area contributed by atoms with Gasteiger partial charge in [0.25, 0.3) is 11.7 Å². The van der Waals surface area contributed by atoms with E-state index in [0.717, 1.165) is 4.90 Å². The number of esters is 1. The number of ether oxygens (including phenoxy) is 3. The third kappa shape index (κ3) is 15.7. The number of nitrogens with zero attached hydrogens (tertiary/aromatic N) is 1. The summed E-state index contributed by atoms with van der Waals surface area (Å²) in [7, 11) is -1.50. The number of Topliss-reactive ketones (excluding diaryl/α,β-unsaturated/α-hetero) is 3. The van der Waals surface area contributed by atoms with Gasteiger partial charge in [0.05, 0.1) is 24.4 Å². The number of piperidine rings is 1. The van der Waals surface area contributed by atoms with Crippen LogP contribution in [0.3, 0.4) is 0 Å². The molecule has 378 valence electrons. The molecular formula is C51H80NO14P. The molecule has 4 rings (SSSR count). The zero-order chi connectivity index (χ0) is 50.0. The lowest BCUT2D eigenvalue weighted by Crippen LogP contribution is -2.61. The smallest absolute Gasteiger partial charge is 0.329 e. The first-order valence-electron chi connectivity index (χ1n) is 24.4. The number of methoxy groups -OCH3 is 1. The zero-order valence-corrected chi connectivity index (χ0v) is 42.4. The number of allylic oxidation sites excluding steroid dienone is 6. The van der Waals surface area contributed by atoms with Crippen molar-refractivity contribution in [3.63, 3.8) is 0 Å². The second-order valence-electron chi connectivity index (χ2n) is 20.5. The first-order chi connectivity index (χ1) is 31.4. The Morgan fingerprint density at radius 2 is 1.60 bits per heavy atom. The van der Waals surface area contributed by atoms with Crippen molar-refractivity contribution in [1.82, 2.24) is 4.90 Å². The number of amides is 1. The van der Waals surface area contributed by atoms with Gasteiger partial charge >= 0.3 is 5.97 Å². The topological polar surface area (TPSA) is 223 Å². The van der Waals surface area contributed by atoms with E-state index >= 15 is 0 Å². The van der Waals surface area contributed by atoms with E-state index in [2.05, 4.69) is 0 Å². The van der Waals surface area contributed by atoms with Crippen LogP contribution < -0.4 is 0 Å². The summed E-state index contributed by atoms with van der Waals surface area (Å²) in [6, 6.07) is -1.20. The van der Waals surface area contributed by atoms with Crippen LogP contribution in [0.2, 0.25) is 0 Å². The Kier molecular flexibility index (Phi) is 21.2. The van der Waals surface area contributed by atoms with Gasteiger partial charge in [0.15, 0.2) is 13.2 Å². The monoisotopic (exact) mass is 962 g/mol. The van der Waals surface area contributed by atoms with Crippen molar-refractivity contribution >= 4 is 36.6 Å². The van der Waals surface area contributed by atoms with Crippen molar-refractivity contribution in [2.45, 2.75) is 180 Å². The summed E-state index contributed by atoms with van der Waals surface area (Å²) in [6.45, 7) is 15.3. The van der Waals surface area contributed by atoms with Crippen molar-refractivity contribution in [3.8, 4) is 0 Å². The van der Waals surface area contributed by atoms with Gasteiger partial charge in [0.2, 0.25) is 5.79 Å². The van der Waals surface area contributed by atoms with Gasteiger partial charge in [-0.05, 0) is 107 Å². The molecule has 2 unspecified atom stereocenters. The second kappa shape index (κ2) is 25.1. The largest absolute Gasteiger partial charge is 0.460 e. The highest BCUT2D eigenvalue weighted by atomic mass is 31.2. The molecule has 0 aromatic carbocycles. The molecule has 1 saturated carbocycles. The molecule has 4 aliphatic rings. The molecule has 16 heteroatoms. The molecule has 4 N–H and O–H groups in total. The first-order valence-corrected chi connectivity index (χ1v) is 26.9. The average Bonchev–Trinajstić information content (AvgIpc) is 3.26. The fourth-order valence-corrected chi connectivity index (χ4v) is 10.9. The van der Waals surface area contributed by atoms with Gasteiger partial charge in [-0.25, -0.2) is 4.79 Å². The fraction of sp³-hybridized carbons (Fsp3) is 0.745. The van der Waals surface area contributed by atoms with Crippen LogP contribution in [-0.4, -0.2) is 136 Å². The molecule has 0 aromatic rings. The lowest BCUT2D eigenvalue weighted by atomic mass is 9.78. The Morgan fingerprint density at radius 1 is 0.896 bits per heavy atom. The average molecular weight is 962 g/mol. The van der Waals surface area contributed by atoms with E-state index in [4.69, 9.17) is 18.7 Å². The Hall–Kier alpha value is -3.14. The molecule has 15 nitrogen and oxygen atoms in total. The van der Waals surface area contributed by atoms with E-state index in [1.54, 1.807) is 58.9 Å². The molecule has 0 spiro atoms. The van der Waals surface area contributed by atoms with Gasteiger partial charge in [-0.2, -0.15) is 0 Å². The zero-order valence-electron chi connectivity index (χ0n) is 41.5. The minimum absolute atomic E-state index is 0.0184. The number of rotatable bonds is 6. The van der Waals surface area contributed by atoms with Crippen LogP contribution in [0.25, 0.3) is 0 Å². The molecule has 3 aliphatic heterocycles. The predicted molar refractivity (Wildman–Crippen MR) is 254 cm³/mol. The maximum Gasteiger partial charge on any atom is 0.329 e. The molecule has 3 fully saturated rings. The molecular weight excluding hydrogens is 882 g/mol. The molecule has 2 saturated heterocycles. The minimum Gasteiger partial charge on any atom is -0.460 e. The van der Waals surface area contributed by atoms with E-state index in [-0.39, 0.29) is 49.2 Å². The number of hydrogen-bond donors (Lipinski definition) is 4. The highest BCUT2D eigenvalue weighted by molar-refractivity contribution is 7.57. The number of fused-ring (bicyclic) bond motifs is 3. The van der Waals surface area contributed by atoms with Crippen LogP contribution in [0.4, 0.5) is 0 Å². The van der Waals surface area contributed by atoms with Crippen molar-refractivity contribution < 1.29 is 67.7 Å².